The van der Waals surface area contributed by atoms with Gasteiger partial charge in [-0.3, -0.25) is 10.1 Å². The van der Waals surface area contributed by atoms with Gasteiger partial charge in [-0.2, -0.15) is 5.10 Å². The topological polar surface area (TPSA) is 95.4 Å². The Labute approximate surface area is 218 Å². The van der Waals surface area contributed by atoms with Gasteiger partial charge in [0.05, 0.1) is 29.4 Å². The number of nitrogens with one attached hydrogen (secondary N) is 3. The van der Waals surface area contributed by atoms with E-state index in [4.69, 9.17) is 9.40 Å². The zero-order valence-electron chi connectivity index (χ0n) is 20.5. The van der Waals surface area contributed by atoms with Crippen molar-refractivity contribution >= 4 is 21.9 Å². The standard InChI is InChI=1S/C31H24N6O/c1-2-5-20(6-3-1)15-32-16-21-13-23(18-33-17-21)26-9-10-28-30(35-26)31(37-36-28)29-14-25-24(22-11-12-38-19-22)7-4-8-27(25)34-29/h1-14,17-19,32,34H,15-16H2,(H,36,37). The summed E-state index contributed by atoms with van der Waals surface area (Å²) < 4.78 is 5.31. The first-order chi connectivity index (χ1) is 18.8. The molecular weight excluding hydrogens is 472 g/mol. The Morgan fingerprint density at radius 1 is 0.789 bits per heavy atom. The SMILES string of the molecule is c1ccc(CNCc2cncc(-c3ccc4[nH]nc(-c5cc6c(-c7ccoc7)cccc6[nH]5)c4n3)c2)cc1. The maximum Gasteiger partial charge on any atom is 0.135 e. The largest absolute Gasteiger partial charge is 0.472 e. The minimum absolute atomic E-state index is 0.725. The van der Waals surface area contributed by atoms with Crippen LogP contribution < -0.4 is 5.32 Å². The molecule has 7 rings (SSSR count). The van der Waals surface area contributed by atoms with Gasteiger partial charge in [0.25, 0.3) is 0 Å². The van der Waals surface area contributed by atoms with Gasteiger partial charge in [0, 0.05) is 47.5 Å². The molecule has 0 amide bonds. The number of fused-ring (bicyclic) bond motifs is 2. The Morgan fingerprint density at radius 3 is 2.61 bits per heavy atom. The van der Waals surface area contributed by atoms with Crippen LogP contribution in [0.25, 0.3) is 55.7 Å². The number of aromatic nitrogens is 5. The number of aromatic amines is 2. The van der Waals surface area contributed by atoms with E-state index >= 15 is 0 Å². The average molecular weight is 497 g/mol. The van der Waals surface area contributed by atoms with Gasteiger partial charge < -0.3 is 14.7 Å². The number of furan rings is 1. The predicted octanol–water partition coefficient (Wildman–Crippen LogP) is 6.72. The molecule has 0 spiro atoms. The average Bonchev–Trinajstić information content (AvgIpc) is 3.73. The smallest absolute Gasteiger partial charge is 0.135 e. The first-order valence-electron chi connectivity index (χ1n) is 12.5. The summed E-state index contributed by atoms with van der Waals surface area (Å²) in [7, 11) is 0. The Morgan fingerprint density at radius 2 is 1.71 bits per heavy atom. The summed E-state index contributed by atoms with van der Waals surface area (Å²) in [6.07, 6.45) is 7.20. The van der Waals surface area contributed by atoms with Crippen LogP contribution in [0.2, 0.25) is 0 Å². The van der Waals surface area contributed by atoms with Crippen LogP contribution in [0.4, 0.5) is 0 Å². The molecule has 0 aliphatic heterocycles. The second kappa shape index (κ2) is 9.46. The minimum Gasteiger partial charge on any atom is -0.472 e. The van der Waals surface area contributed by atoms with Crippen LogP contribution in [0, 0.1) is 0 Å². The van der Waals surface area contributed by atoms with E-state index in [1.165, 1.54) is 5.56 Å². The number of pyridine rings is 2. The molecular formula is C31H24N6O. The fourth-order valence-electron chi connectivity index (χ4n) is 4.87. The maximum atomic E-state index is 5.31. The molecule has 0 saturated carbocycles. The third-order valence-electron chi connectivity index (χ3n) is 6.75. The van der Waals surface area contributed by atoms with Crippen molar-refractivity contribution in [1.29, 1.82) is 0 Å². The molecule has 0 bridgehead atoms. The van der Waals surface area contributed by atoms with E-state index in [2.05, 4.69) is 74.0 Å². The van der Waals surface area contributed by atoms with Crippen molar-refractivity contribution in [3.8, 4) is 33.8 Å². The van der Waals surface area contributed by atoms with Gasteiger partial charge in [-0.05, 0) is 53.1 Å². The fraction of sp³-hybridized carbons (Fsp3) is 0.0645. The summed E-state index contributed by atoms with van der Waals surface area (Å²) in [5.41, 5.74) is 10.7. The first kappa shape index (κ1) is 22.2. The molecule has 7 aromatic rings. The molecule has 0 saturated heterocycles. The zero-order valence-corrected chi connectivity index (χ0v) is 20.5. The molecule has 0 aliphatic carbocycles. The normalized spacial score (nSPS) is 11.5. The summed E-state index contributed by atoms with van der Waals surface area (Å²) in [6, 6.07) is 26.8. The van der Waals surface area contributed by atoms with Crippen molar-refractivity contribution in [1.82, 2.24) is 30.5 Å². The van der Waals surface area contributed by atoms with E-state index in [-0.39, 0.29) is 0 Å². The molecule has 5 heterocycles. The molecule has 7 nitrogen and oxygen atoms in total. The Hall–Kier alpha value is -5.01. The number of nitrogens with zero attached hydrogens (tertiary/aromatic N) is 3. The van der Waals surface area contributed by atoms with Crippen molar-refractivity contribution in [3.05, 3.63) is 115 Å². The molecule has 7 heteroatoms. The third-order valence-corrected chi connectivity index (χ3v) is 6.75. The maximum absolute atomic E-state index is 5.31. The zero-order chi connectivity index (χ0) is 25.3. The molecule has 0 radical (unpaired) electrons. The highest BCUT2D eigenvalue weighted by Gasteiger charge is 2.16. The van der Waals surface area contributed by atoms with Gasteiger partial charge in [-0.25, -0.2) is 4.98 Å². The number of hydrogen-bond acceptors (Lipinski definition) is 5. The van der Waals surface area contributed by atoms with Crippen LogP contribution in [-0.2, 0) is 13.1 Å². The predicted molar refractivity (Wildman–Crippen MR) is 149 cm³/mol. The summed E-state index contributed by atoms with van der Waals surface area (Å²) in [6.45, 7) is 1.53. The number of hydrogen-bond donors (Lipinski definition) is 3. The molecule has 0 atom stereocenters. The second-order valence-electron chi connectivity index (χ2n) is 9.30. The van der Waals surface area contributed by atoms with Crippen molar-refractivity contribution in [3.63, 3.8) is 0 Å². The van der Waals surface area contributed by atoms with Gasteiger partial charge in [-0.1, -0.05) is 42.5 Å². The molecule has 0 fully saturated rings. The Bertz CT molecular complexity index is 1850. The van der Waals surface area contributed by atoms with Gasteiger partial charge in [-0.15, -0.1) is 0 Å². The van der Waals surface area contributed by atoms with Crippen LogP contribution >= 0.6 is 0 Å². The van der Waals surface area contributed by atoms with Crippen LogP contribution in [0.5, 0.6) is 0 Å². The molecule has 38 heavy (non-hydrogen) atoms. The van der Waals surface area contributed by atoms with Crippen LogP contribution in [0.3, 0.4) is 0 Å². The highest BCUT2D eigenvalue weighted by atomic mass is 16.3. The lowest BCUT2D eigenvalue weighted by Crippen LogP contribution is -2.12. The molecule has 184 valence electrons. The number of rotatable bonds is 7. The summed E-state index contributed by atoms with van der Waals surface area (Å²) in [5.74, 6) is 0. The lowest BCUT2D eigenvalue weighted by Gasteiger charge is -2.07. The number of benzene rings is 2. The lowest BCUT2D eigenvalue weighted by molar-refractivity contribution is 0.568. The molecule has 2 aromatic carbocycles. The summed E-state index contributed by atoms with van der Waals surface area (Å²) >= 11 is 0. The van der Waals surface area contributed by atoms with Gasteiger partial charge >= 0.3 is 0 Å². The quantitative estimate of drug-likeness (QED) is 0.228. The van der Waals surface area contributed by atoms with Gasteiger partial charge in [0.2, 0.25) is 0 Å². The molecule has 0 aliphatic rings. The van der Waals surface area contributed by atoms with Gasteiger partial charge in [0.1, 0.15) is 11.2 Å². The van der Waals surface area contributed by atoms with E-state index in [0.29, 0.717) is 0 Å². The molecule has 5 aromatic heterocycles. The monoisotopic (exact) mass is 496 g/mol. The fourth-order valence-corrected chi connectivity index (χ4v) is 4.87. The van der Waals surface area contributed by atoms with Crippen molar-refractivity contribution < 1.29 is 4.42 Å². The summed E-state index contributed by atoms with van der Waals surface area (Å²) in [4.78, 5) is 13.0. The van der Waals surface area contributed by atoms with E-state index in [9.17, 15) is 0 Å². The Kier molecular flexibility index (Phi) is 5.53. The van der Waals surface area contributed by atoms with Gasteiger partial charge in [0.15, 0.2) is 0 Å². The second-order valence-corrected chi connectivity index (χ2v) is 9.30. The van der Waals surface area contributed by atoms with Crippen molar-refractivity contribution in [2.24, 2.45) is 0 Å². The first-order valence-corrected chi connectivity index (χ1v) is 12.5. The van der Waals surface area contributed by atoms with E-state index < -0.39 is 0 Å². The van der Waals surface area contributed by atoms with E-state index in [0.717, 1.165) is 74.4 Å². The van der Waals surface area contributed by atoms with E-state index in [1.807, 2.05) is 42.7 Å². The molecule has 3 N–H and O–H groups in total. The van der Waals surface area contributed by atoms with Crippen LogP contribution in [0.1, 0.15) is 11.1 Å². The van der Waals surface area contributed by atoms with Crippen LogP contribution in [-0.4, -0.2) is 25.1 Å². The number of H-pyrrole nitrogens is 2. The Balaban J connectivity index is 1.20. The third kappa shape index (κ3) is 4.15. The van der Waals surface area contributed by atoms with E-state index in [1.54, 1.807) is 12.5 Å². The molecule has 0 unspecified atom stereocenters. The van der Waals surface area contributed by atoms with Crippen LogP contribution in [0.15, 0.2) is 108 Å². The summed E-state index contributed by atoms with van der Waals surface area (Å²) in [5, 5.41) is 12.3. The lowest BCUT2D eigenvalue weighted by atomic mass is 10.0. The van der Waals surface area contributed by atoms with Crippen molar-refractivity contribution in [2.45, 2.75) is 13.1 Å². The highest BCUT2D eigenvalue weighted by molar-refractivity contribution is 6.00. The minimum atomic E-state index is 0.725. The highest BCUT2D eigenvalue weighted by Crippen LogP contribution is 2.34. The van der Waals surface area contributed by atoms with Crippen molar-refractivity contribution in [2.75, 3.05) is 0 Å².